The van der Waals surface area contributed by atoms with Crippen LogP contribution in [0.25, 0.3) is 0 Å². The highest BCUT2D eigenvalue weighted by atomic mass is 19.4. The molecule has 0 fully saturated rings. The first kappa shape index (κ1) is 22.9. The molecule has 0 aliphatic carbocycles. The maximum Gasteiger partial charge on any atom is 0.433 e. The van der Waals surface area contributed by atoms with Crippen LogP contribution in [0.2, 0.25) is 0 Å². The van der Waals surface area contributed by atoms with Crippen molar-refractivity contribution in [3.63, 3.8) is 0 Å². The fourth-order valence-corrected chi connectivity index (χ4v) is 2.00. The van der Waals surface area contributed by atoms with Gasteiger partial charge in [-0.2, -0.15) is 13.2 Å². The zero-order valence-corrected chi connectivity index (χ0v) is 15.9. The van der Waals surface area contributed by atoms with E-state index in [-0.39, 0.29) is 5.95 Å². The number of aliphatic imine (C=N–C) groups is 1. The Labute approximate surface area is 158 Å². The lowest BCUT2D eigenvalue weighted by atomic mass is 10.4. The number of hydrogen-bond acceptors (Lipinski definition) is 5. The van der Waals surface area contributed by atoms with Crippen LogP contribution in [-0.4, -0.2) is 55.3 Å². The zero-order valence-electron chi connectivity index (χ0n) is 15.9. The SMILES string of the molecule is CCCCOCCCN=C(NCC)NCCNc1nccc(C(F)(F)F)n1. The van der Waals surface area contributed by atoms with E-state index in [1.807, 2.05) is 6.92 Å². The van der Waals surface area contributed by atoms with Gasteiger partial charge in [-0.15, -0.1) is 0 Å². The molecule has 154 valence electrons. The third-order valence-electron chi connectivity index (χ3n) is 3.35. The molecule has 0 spiro atoms. The van der Waals surface area contributed by atoms with E-state index < -0.39 is 11.9 Å². The van der Waals surface area contributed by atoms with E-state index in [4.69, 9.17) is 4.74 Å². The molecule has 1 aromatic heterocycles. The summed E-state index contributed by atoms with van der Waals surface area (Å²) in [7, 11) is 0. The van der Waals surface area contributed by atoms with Gasteiger partial charge in [0.2, 0.25) is 5.95 Å². The quantitative estimate of drug-likeness (QED) is 0.289. The number of guanidine groups is 1. The summed E-state index contributed by atoms with van der Waals surface area (Å²) in [5, 5.41) is 8.98. The first-order chi connectivity index (χ1) is 13.0. The van der Waals surface area contributed by atoms with Gasteiger partial charge in [0.15, 0.2) is 5.96 Å². The van der Waals surface area contributed by atoms with Crippen LogP contribution in [0.5, 0.6) is 0 Å². The van der Waals surface area contributed by atoms with Crippen molar-refractivity contribution in [2.75, 3.05) is 44.7 Å². The summed E-state index contributed by atoms with van der Waals surface area (Å²) in [5.74, 6) is 0.593. The number of ether oxygens (including phenoxy) is 1. The Morgan fingerprint density at radius 3 is 2.63 bits per heavy atom. The standard InChI is InChI=1S/C17H29F3N6O/c1-3-5-12-27-13-6-8-22-15(21-4-2)24-10-11-25-16-23-9-7-14(26-16)17(18,19)20/h7,9H,3-6,8,10-13H2,1-2H3,(H2,21,22,24)(H,23,25,26). The van der Waals surface area contributed by atoms with Crippen molar-refractivity contribution in [2.45, 2.75) is 39.3 Å². The second kappa shape index (κ2) is 13.1. The minimum atomic E-state index is -4.48. The monoisotopic (exact) mass is 390 g/mol. The second-order valence-electron chi connectivity index (χ2n) is 5.70. The summed E-state index contributed by atoms with van der Waals surface area (Å²) in [6.45, 7) is 7.69. The summed E-state index contributed by atoms with van der Waals surface area (Å²) in [4.78, 5) is 11.7. The Hall–Kier alpha value is -2.10. The van der Waals surface area contributed by atoms with Crippen LogP contribution in [0.3, 0.4) is 0 Å². The first-order valence-electron chi connectivity index (χ1n) is 9.21. The average molecular weight is 390 g/mol. The number of nitrogens with zero attached hydrogens (tertiary/aromatic N) is 3. The molecule has 0 amide bonds. The fraction of sp³-hybridized carbons (Fsp3) is 0.706. The molecule has 0 bridgehead atoms. The molecule has 0 aromatic carbocycles. The largest absolute Gasteiger partial charge is 0.433 e. The Kier molecular flexibility index (Phi) is 11.2. The van der Waals surface area contributed by atoms with Gasteiger partial charge in [-0.05, 0) is 25.8 Å². The van der Waals surface area contributed by atoms with Gasteiger partial charge >= 0.3 is 6.18 Å². The Bertz CT molecular complexity index is 554. The highest BCUT2D eigenvalue weighted by molar-refractivity contribution is 5.79. The van der Waals surface area contributed by atoms with Crippen molar-refractivity contribution >= 4 is 11.9 Å². The third-order valence-corrected chi connectivity index (χ3v) is 3.35. The highest BCUT2D eigenvalue weighted by Gasteiger charge is 2.32. The van der Waals surface area contributed by atoms with Gasteiger partial charge in [0.25, 0.3) is 0 Å². The van der Waals surface area contributed by atoms with Crippen molar-refractivity contribution in [1.82, 2.24) is 20.6 Å². The van der Waals surface area contributed by atoms with Crippen LogP contribution in [0.4, 0.5) is 19.1 Å². The number of nitrogens with one attached hydrogen (secondary N) is 3. The van der Waals surface area contributed by atoms with E-state index in [9.17, 15) is 13.2 Å². The van der Waals surface area contributed by atoms with Crippen LogP contribution in [-0.2, 0) is 10.9 Å². The predicted octanol–water partition coefficient (Wildman–Crippen LogP) is 2.67. The average Bonchev–Trinajstić information content (AvgIpc) is 2.64. The van der Waals surface area contributed by atoms with Crippen LogP contribution in [0, 0.1) is 0 Å². The van der Waals surface area contributed by atoms with Gasteiger partial charge in [0.05, 0.1) is 0 Å². The van der Waals surface area contributed by atoms with E-state index in [1.165, 1.54) is 0 Å². The minimum absolute atomic E-state index is 0.0576. The zero-order chi connectivity index (χ0) is 20.0. The van der Waals surface area contributed by atoms with E-state index in [2.05, 4.69) is 37.8 Å². The topological polar surface area (TPSA) is 83.5 Å². The molecule has 0 saturated carbocycles. The molecule has 0 saturated heterocycles. The number of aromatic nitrogens is 2. The van der Waals surface area contributed by atoms with Gasteiger partial charge in [0, 0.05) is 45.6 Å². The van der Waals surface area contributed by atoms with Gasteiger partial charge in [0.1, 0.15) is 5.69 Å². The van der Waals surface area contributed by atoms with Gasteiger partial charge in [-0.25, -0.2) is 9.97 Å². The normalized spacial score (nSPS) is 12.1. The fourth-order valence-electron chi connectivity index (χ4n) is 2.00. The molecule has 1 rings (SSSR count). The van der Waals surface area contributed by atoms with Gasteiger partial charge < -0.3 is 20.7 Å². The number of anilines is 1. The molecular weight excluding hydrogens is 361 g/mol. The molecule has 0 atom stereocenters. The van der Waals surface area contributed by atoms with E-state index in [1.54, 1.807) is 0 Å². The van der Waals surface area contributed by atoms with E-state index in [0.717, 1.165) is 38.1 Å². The molecule has 3 N–H and O–H groups in total. The van der Waals surface area contributed by atoms with Crippen LogP contribution < -0.4 is 16.0 Å². The van der Waals surface area contributed by atoms with E-state index in [0.29, 0.717) is 38.7 Å². The molecule has 1 heterocycles. The molecule has 0 aliphatic heterocycles. The molecule has 10 heteroatoms. The lowest BCUT2D eigenvalue weighted by Crippen LogP contribution is -2.39. The Balaban J connectivity index is 2.31. The van der Waals surface area contributed by atoms with Crippen LogP contribution in [0.15, 0.2) is 17.3 Å². The summed E-state index contributed by atoms with van der Waals surface area (Å²) in [6, 6.07) is 0.839. The van der Waals surface area contributed by atoms with Gasteiger partial charge in [-0.3, -0.25) is 4.99 Å². The summed E-state index contributed by atoms with van der Waals surface area (Å²) in [5.41, 5.74) is -0.969. The predicted molar refractivity (Wildman–Crippen MR) is 99.8 cm³/mol. The molecule has 0 unspecified atom stereocenters. The number of hydrogen-bond donors (Lipinski definition) is 3. The van der Waals surface area contributed by atoms with Crippen LogP contribution in [0.1, 0.15) is 38.8 Å². The number of rotatable bonds is 12. The Morgan fingerprint density at radius 1 is 1.15 bits per heavy atom. The maximum atomic E-state index is 12.6. The summed E-state index contributed by atoms with van der Waals surface area (Å²) < 4.78 is 43.3. The lowest BCUT2D eigenvalue weighted by Gasteiger charge is -2.12. The second-order valence-corrected chi connectivity index (χ2v) is 5.70. The summed E-state index contributed by atoms with van der Waals surface area (Å²) in [6.07, 6.45) is -0.388. The molecular formula is C17H29F3N6O. The molecule has 0 radical (unpaired) electrons. The third kappa shape index (κ3) is 10.6. The number of alkyl halides is 3. The van der Waals surface area contributed by atoms with Gasteiger partial charge in [-0.1, -0.05) is 13.3 Å². The maximum absolute atomic E-state index is 12.6. The number of unbranched alkanes of at least 4 members (excludes halogenated alkanes) is 1. The van der Waals surface area contributed by atoms with Crippen molar-refractivity contribution in [3.8, 4) is 0 Å². The smallest absolute Gasteiger partial charge is 0.381 e. The number of halogens is 3. The highest BCUT2D eigenvalue weighted by Crippen LogP contribution is 2.27. The lowest BCUT2D eigenvalue weighted by molar-refractivity contribution is -0.141. The minimum Gasteiger partial charge on any atom is -0.381 e. The molecule has 7 nitrogen and oxygen atoms in total. The molecule has 27 heavy (non-hydrogen) atoms. The van der Waals surface area contributed by atoms with Crippen molar-refractivity contribution in [1.29, 1.82) is 0 Å². The van der Waals surface area contributed by atoms with Crippen molar-refractivity contribution in [3.05, 3.63) is 18.0 Å². The first-order valence-corrected chi connectivity index (χ1v) is 9.21. The Morgan fingerprint density at radius 2 is 1.93 bits per heavy atom. The van der Waals surface area contributed by atoms with Crippen molar-refractivity contribution in [2.24, 2.45) is 4.99 Å². The molecule has 0 aliphatic rings. The molecule has 1 aromatic rings. The summed E-state index contributed by atoms with van der Waals surface area (Å²) >= 11 is 0. The van der Waals surface area contributed by atoms with E-state index >= 15 is 0 Å². The van der Waals surface area contributed by atoms with Crippen molar-refractivity contribution < 1.29 is 17.9 Å². The van der Waals surface area contributed by atoms with Crippen LogP contribution >= 0.6 is 0 Å².